The number of hydrogen-bond acceptors (Lipinski definition) is 6. The molecule has 164 valence electrons. The van der Waals surface area contributed by atoms with E-state index in [1.165, 1.54) is 11.3 Å². The molecule has 6 heteroatoms. The van der Waals surface area contributed by atoms with Crippen molar-refractivity contribution in [1.29, 1.82) is 0 Å². The number of benzene rings is 1. The van der Waals surface area contributed by atoms with E-state index in [0.717, 1.165) is 28.2 Å². The molecular weight excluding hydrogens is 412 g/mol. The van der Waals surface area contributed by atoms with Crippen molar-refractivity contribution < 1.29 is 24.5 Å². The monoisotopic (exact) mass is 440 g/mol. The van der Waals surface area contributed by atoms with Crippen LogP contribution in [0.2, 0.25) is 0 Å². The SMILES string of the molecule is CC[C@H](Cc1ccccc1)C1OC(=O)C([C@@H](c2ccc(CCO)s2)C2CC2)=C(O)C1=O. The van der Waals surface area contributed by atoms with Gasteiger partial charge in [0, 0.05) is 34.6 Å². The van der Waals surface area contributed by atoms with E-state index in [9.17, 15) is 19.8 Å². The molecule has 0 spiro atoms. The molecule has 1 aromatic heterocycles. The molecule has 1 aromatic carbocycles. The minimum absolute atomic E-state index is 0.0595. The first kappa shape index (κ1) is 21.8. The van der Waals surface area contributed by atoms with Gasteiger partial charge in [-0.2, -0.15) is 0 Å². The van der Waals surface area contributed by atoms with Crippen LogP contribution in [0.5, 0.6) is 0 Å². The van der Waals surface area contributed by atoms with Gasteiger partial charge < -0.3 is 14.9 Å². The summed E-state index contributed by atoms with van der Waals surface area (Å²) in [5, 5.41) is 20.1. The van der Waals surface area contributed by atoms with Crippen LogP contribution in [0, 0.1) is 11.8 Å². The Kier molecular flexibility index (Phi) is 6.58. The Labute approximate surface area is 186 Å². The number of Topliss-reactive ketones (excluding diaryl/α,β-unsaturated/α-hetero) is 1. The van der Waals surface area contributed by atoms with Crippen LogP contribution < -0.4 is 0 Å². The molecule has 5 nitrogen and oxygen atoms in total. The normalized spacial score (nSPS) is 21.2. The van der Waals surface area contributed by atoms with Crippen LogP contribution in [0.1, 0.15) is 47.4 Å². The van der Waals surface area contributed by atoms with Crippen LogP contribution in [0.15, 0.2) is 53.8 Å². The van der Waals surface area contributed by atoms with E-state index in [-0.39, 0.29) is 29.9 Å². The maximum absolute atomic E-state index is 13.1. The molecule has 1 saturated carbocycles. The Hall–Kier alpha value is -2.44. The van der Waals surface area contributed by atoms with Gasteiger partial charge in [-0.05, 0) is 49.3 Å². The van der Waals surface area contributed by atoms with E-state index in [0.29, 0.717) is 19.3 Å². The summed E-state index contributed by atoms with van der Waals surface area (Å²) in [4.78, 5) is 28.2. The highest BCUT2D eigenvalue weighted by molar-refractivity contribution is 7.12. The molecule has 0 bridgehead atoms. The summed E-state index contributed by atoms with van der Waals surface area (Å²) < 4.78 is 5.70. The van der Waals surface area contributed by atoms with E-state index in [4.69, 9.17) is 4.74 Å². The highest BCUT2D eigenvalue weighted by Crippen LogP contribution is 2.50. The quantitative estimate of drug-likeness (QED) is 0.567. The van der Waals surface area contributed by atoms with Crippen LogP contribution in [-0.2, 0) is 27.2 Å². The lowest BCUT2D eigenvalue weighted by Gasteiger charge is -2.31. The van der Waals surface area contributed by atoms with Gasteiger partial charge in [0.25, 0.3) is 0 Å². The Morgan fingerprint density at radius 3 is 2.52 bits per heavy atom. The first-order valence-electron chi connectivity index (χ1n) is 10.9. The maximum atomic E-state index is 13.1. The zero-order chi connectivity index (χ0) is 22.0. The zero-order valence-electron chi connectivity index (χ0n) is 17.6. The van der Waals surface area contributed by atoms with E-state index in [1.54, 1.807) is 0 Å². The predicted molar refractivity (Wildman–Crippen MR) is 119 cm³/mol. The van der Waals surface area contributed by atoms with Crippen LogP contribution in [0.4, 0.5) is 0 Å². The molecule has 0 amide bonds. The van der Waals surface area contributed by atoms with Crippen LogP contribution in [0.3, 0.4) is 0 Å². The molecule has 1 fully saturated rings. The number of aliphatic hydroxyl groups is 2. The number of esters is 1. The van der Waals surface area contributed by atoms with Gasteiger partial charge in [-0.15, -0.1) is 11.3 Å². The molecule has 2 N–H and O–H groups in total. The Bertz CT molecular complexity index is 973. The lowest BCUT2D eigenvalue weighted by molar-refractivity contribution is -0.158. The topological polar surface area (TPSA) is 83.8 Å². The second-order valence-corrected chi connectivity index (χ2v) is 9.60. The van der Waals surface area contributed by atoms with Crippen molar-refractivity contribution in [3.63, 3.8) is 0 Å². The molecule has 1 aliphatic carbocycles. The van der Waals surface area contributed by atoms with E-state index >= 15 is 0 Å². The summed E-state index contributed by atoms with van der Waals surface area (Å²) >= 11 is 1.52. The molecule has 31 heavy (non-hydrogen) atoms. The molecule has 3 atom stereocenters. The molecule has 4 rings (SSSR count). The van der Waals surface area contributed by atoms with Crippen molar-refractivity contribution in [3.8, 4) is 0 Å². The third kappa shape index (κ3) is 4.60. The highest BCUT2D eigenvalue weighted by atomic mass is 32.1. The summed E-state index contributed by atoms with van der Waals surface area (Å²) in [6.45, 7) is 2.02. The maximum Gasteiger partial charge on any atom is 0.339 e. The highest BCUT2D eigenvalue weighted by Gasteiger charge is 2.47. The summed E-state index contributed by atoms with van der Waals surface area (Å²) in [6, 6.07) is 13.7. The second kappa shape index (κ2) is 9.37. The van der Waals surface area contributed by atoms with E-state index in [2.05, 4.69) is 0 Å². The molecular formula is C25H28O5S. The lowest BCUT2D eigenvalue weighted by atomic mass is 9.83. The number of carbonyl (C=O) groups is 2. The minimum atomic E-state index is -0.963. The smallest absolute Gasteiger partial charge is 0.339 e. The molecule has 2 aromatic rings. The van der Waals surface area contributed by atoms with Crippen molar-refractivity contribution in [2.45, 2.75) is 51.0 Å². The number of ether oxygens (including phenoxy) is 1. The fourth-order valence-corrected chi connectivity index (χ4v) is 5.61. The van der Waals surface area contributed by atoms with Gasteiger partial charge in [-0.3, -0.25) is 4.79 Å². The van der Waals surface area contributed by atoms with Gasteiger partial charge in [0.2, 0.25) is 5.78 Å². The average molecular weight is 441 g/mol. The Morgan fingerprint density at radius 1 is 1.13 bits per heavy atom. The molecule has 0 saturated heterocycles. The van der Waals surface area contributed by atoms with E-state index in [1.807, 2.05) is 49.4 Å². The third-order valence-electron chi connectivity index (χ3n) is 6.25. The molecule has 2 aliphatic rings. The van der Waals surface area contributed by atoms with Crippen LogP contribution in [-0.4, -0.2) is 34.7 Å². The Balaban J connectivity index is 1.62. The van der Waals surface area contributed by atoms with Gasteiger partial charge in [0.05, 0.1) is 5.57 Å². The van der Waals surface area contributed by atoms with Gasteiger partial charge in [-0.25, -0.2) is 4.79 Å². The zero-order valence-corrected chi connectivity index (χ0v) is 18.4. The number of hydrogen-bond donors (Lipinski definition) is 2. The van der Waals surface area contributed by atoms with E-state index < -0.39 is 23.6 Å². The van der Waals surface area contributed by atoms with Gasteiger partial charge in [0.15, 0.2) is 11.9 Å². The molecule has 1 aliphatic heterocycles. The number of cyclic esters (lactones) is 1. The number of carbonyl (C=O) groups excluding carboxylic acids is 2. The number of aliphatic hydroxyl groups excluding tert-OH is 2. The first-order chi connectivity index (χ1) is 15.0. The second-order valence-electron chi connectivity index (χ2n) is 8.40. The van der Waals surface area contributed by atoms with Gasteiger partial charge in [-0.1, -0.05) is 37.3 Å². The third-order valence-corrected chi connectivity index (χ3v) is 7.47. The van der Waals surface area contributed by atoms with Crippen molar-refractivity contribution in [3.05, 3.63) is 69.1 Å². The van der Waals surface area contributed by atoms with Gasteiger partial charge in [0.1, 0.15) is 0 Å². The largest absolute Gasteiger partial charge is 0.504 e. The molecule has 2 heterocycles. The number of thiophene rings is 1. The predicted octanol–water partition coefficient (Wildman–Crippen LogP) is 4.35. The van der Waals surface area contributed by atoms with Crippen LogP contribution >= 0.6 is 11.3 Å². The van der Waals surface area contributed by atoms with Crippen molar-refractivity contribution in [2.75, 3.05) is 6.61 Å². The molecule has 0 radical (unpaired) electrons. The van der Waals surface area contributed by atoms with Crippen LogP contribution in [0.25, 0.3) is 0 Å². The summed E-state index contributed by atoms with van der Waals surface area (Å²) in [6.07, 6.45) is 2.75. The van der Waals surface area contributed by atoms with Crippen molar-refractivity contribution >= 4 is 23.1 Å². The van der Waals surface area contributed by atoms with Gasteiger partial charge >= 0.3 is 5.97 Å². The number of rotatable bonds is 9. The van der Waals surface area contributed by atoms with Crippen molar-refractivity contribution in [2.24, 2.45) is 11.8 Å². The average Bonchev–Trinajstić information content (AvgIpc) is 3.51. The minimum Gasteiger partial charge on any atom is -0.504 e. The number of ketones is 1. The summed E-state index contributed by atoms with van der Waals surface area (Å²) in [5.74, 6) is -1.80. The summed E-state index contributed by atoms with van der Waals surface area (Å²) in [7, 11) is 0. The molecule has 1 unspecified atom stereocenters. The fraction of sp³-hybridized carbons (Fsp3) is 0.440. The fourth-order valence-electron chi connectivity index (χ4n) is 4.41. The Morgan fingerprint density at radius 2 is 1.87 bits per heavy atom. The first-order valence-corrected chi connectivity index (χ1v) is 11.8. The standard InChI is InChI=1S/C25H28O5S/c1-2-16(14-15-6-4-3-5-7-15)24-23(28)22(27)21(25(29)30-24)20(17-8-9-17)19-11-10-18(31-19)12-13-26/h3-7,10-11,16-17,20,24,26-27H,2,8-9,12-14H2,1H3/t16-,20-,24?/m1/s1. The van der Waals surface area contributed by atoms with Crippen molar-refractivity contribution in [1.82, 2.24) is 0 Å². The summed E-state index contributed by atoms with van der Waals surface area (Å²) in [5.41, 5.74) is 1.18. The lowest BCUT2D eigenvalue weighted by Crippen LogP contribution is -2.42.